The zero-order valence-corrected chi connectivity index (χ0v) is 18.6. The maximum atomic E-state index is 2.46. The lowest BCUT2D eigenvalue weighted by atomic mass is 10.3. The number of aryl methyl sites for hydroxylation is 1. The average molecular weight is 416 g/mol. The van der Waals surface area contributed by atoms with E-state index in [0.717, 1.165) is 0 Å². The first kappa shape index (κ1) is 19.3. The summed E-state index contributed by atoms with van der Waals surface area (Å²) in [4.78, 5) is 0. The predicted molar refractivity (Wildman–Crippen MR) is 134 cm³/mol. The van der Waals surface area contributed by atoms with Crippen molar-refractivity contribution in [1.82, 2.24) is 4.57 Å². The summed E-state index contributed by atoms with van der Waals surface area (Å²) in [5, 5.41) is 5.55. The van der Waals surface area contributed by atoms with E-state index in [0.29, 0.717) is 0 Å². The molecule has 0 N–H and O–H groups in total. The Balaban J connectivity index is 1.94. The molecule has 1 aromatic heterocycles. The smallest absolute Gasteiger partial charge is 0.199 e. The van der Waals surface area contributed by atoms with Gasteiger partial charge in [0.2, 0.25) is 0 Å². The quantitative estimate of drug-likeness (QED) is 0.300. The molecule has 1 nitrogen and oxygen atoms in total. The summed E-state index contributed by atoms with van der Waals surface area (Å²) in [5.74, 6) is 0. The second-order valence-corrected chi connectivity index (χ2v) is 11.6. The number of nitrogens with zero attached hydrogens (tertiary/aromatic N) is 1. The van der Waals surface area contributed by atoms with Crippen molar-refractivity contribution in [3.63, 3.8) is 0 Å². The maximum absolute atomic E-state index is 2.54. The molecule has 4 aromatic carbocycles. The molecule has 0 unspecified atom stereocenters. The molecule has 0 aliphatic carbocycles. The molecule has 0 radical (unpaired) electrons. The van der Waals surface area contributed by atoms with Crippen molar-refractivity contribution in [2.24, 2.45) is 0 Å². The summed E-state index contributed by atoms with van der Waals surface area (Å²) in [5.41, 5.74) is 2.46. The number of benzene rings is 4. The third kappa shape index (κ3) is 3.26. The third-order valence-electron chi connectivity index (χ3n) is 6.10. The molecule has 5 aromatic rings. The van der Waals surface area contributed by atoms with Gasteiger partial charge in [0.15, 0.2) is 8.07 Å². The van der Waals surface area contributed by atoms with Crippen LogP contribution in [0.2, 0.25) is 0 Å². The second-order valence-electron chi connectivity index (χ2n) is 7.88. The molecule has 0 bridgehead atoms. The van der Waals surface area contributed by atoms with Crippen LogP contribution in [0.5, 0.6) is 0 Å². The van der Waals surface area contributed by atoms with Crippen LogP contribution < -0.4 is 20.9 Å². The van der Waals surface area contributed by atoms with Crippen molar-refractivity contribution in [3.05, 3.63) is 139 Å². The topological polar surface area (TPSA) is 4.93 Å². The van der Waals surface area contributed by atoms with Crippen LogP contribution in [0.1, 0.15) is 5.69 Å². The Morgan fingerprint density at radius 2 is 0.839 bits per heavy atom. The molecule has 31 heavy (non-hydrogen) atoms. The third-order valence-corrected chi connectivity index (χ3v) is 10.9. The molecule has 150 valence electrons. The fourth-order valence-corrected chi connectivity index (χ4v) is 9.70. The molecular formula is C29H25NSi. The lowest BCUT2D eigenvalue weighted by Gasteiger charge is -2.35. The van der Waals surface area contributed by atoms with Gasteiger partial charge in [0.25, 0.3) is 0 Å². The van der Waals surface area contributed by atoms with E-state index in [1.54, 1.807) is 0 Å². The van der Waals surface area contributed by atoms with Gasteiger partial charge in [-0.05, 0) is 46.7 Å². The number of hydrogen-bond donors (Lipinski definition) is 0. The molecule has 0 amide bonds. The highest BCUT2D eigenvalue weighted by atomic mass is 28.3. The van der Waals surface area contributed by atoms with Gasteiger partial charge in [-0.25, -0.2) is 0 Å². The van der Waals surface area contributed by atoms with Crippen LogP contribution in [0.15, 0.2) is 133 Å². The first-order valence-corrected chi connectivity index (χ1v) is 12.7. The predicted octanol–water partition coefficient (Wildman–Crippen LogP) is 4.16. The largest absolute Gasteiger partial charge is 0.321 e. The Bertz CT molecular complexity index is 1160. The first-order valence-electron chi connectivity index (χ1n) is 10.7. The van der Waals surface area contributed by atoms with E-state index in [1.165, 1.54) is 32.3 Å². The van der Waals surface area contributed by atoms with Gasteiger partial charge in [-0.15, -0.1) is 0 Å². The summed E-state index contributed by atoms with van der Waals surface area (Å²) >= 11 is 0. The molecule has 0 saturated heterocycles. The zero-order valence-electron chi connectivity index (χ0n) is 17.6. The Labute approximate surface area is 185 Å². The highest BCUT2D eigenvalue weighted by Gasteiger charge is 2.44. The highest BCUT2D eigenvalue weighted by Crippen LogP contribution is 2.16. The van der Waals surface area contributed by atoms with Crippen LogP contribution in [0.3, 0.4) is 0 Å². The minimum absolute atomic E-state index is 1.21. The Morgan fingerprint density at radius 3 is 1.26 bits per heavy atom. The van der Waals surface area contributed by atoms with Gasteiger partial charge >= 0.3 is 0 Å². The SMILES string of the molecule is Cc1ccc([Si](c2ccccc2)(c2ccccc2)c2ccccc2)n1-c1ccccc1. The molecule has 0 aliphatic rings. The molecule has 0 aliphatic heterocycles. The highest BCUT2D eigenvalue weighted by molar-refractivity contribution is 7.19. The summed E-state index contributed by atoms with van der Waals surface area (Å²) in [6, 6.07) is 48.6. The van der Waals surface area contributed by atoms with Gasteiger partial charge in [0.1, 0.15) is 0 Å². The van der Waals surface area contributed by atoms with E-state index < -0.39 is 8.07 Å². The number of hydrogen-bond acceptors (Lipinski definition) is 0. The van der Waals surface area contributed by atoms with E-state index in [2.05, 4.69) is 145 Å². The van der Waals surface area contributed by atoms with E-state index in [9.17, 15) is 0 Å². The Morgan fingerprint density at radius 1 is 0.452 bits per heavy atom. The van der Waals surface area contributed by atoms with Crippen LogP contribution >= 0.6 is 0 Å². The van der Waals surface area contributed by atoms with Gasteiger partial charge in [0, 0.05) is 16.7 Å². The monoisotopic (exact) mass is 415 g/mol. The summed E-state index contributed by atoms with van der Waals surface area (Å²) in [6.45, 7) is 2.20. The van der Waals surface area contributed by atoms with Crippen LogP contribution in [0.4, 0.5) is 0 Å². The van der Waals surface area contributed by atoms with Crippen molar-refractivity contribution in [2.45, 2.75) is 6.92 Å². The molecule has 0 atom stereocenters. The fraction of sp³-hybridized carbons (Fsp3) is 0.0345. The van der Waals surface area contributed by atoms with Crippen LogP contribution in [0, 0.1) is 6.92 Å². The van der Waals surface area contributed by atoms with Crippen molar-refractivity contribution in [3.8, 4) is 5.69 Å². The molecule has 0 saturated carbocycles. The summed E-state index contributed by atoms with van der Waals surface area (Å²) in [7, 11) is -2.54. The van der Waals surface area contributed by atoms with Crippen LogP contribution in [-0.4, -0.2) is 12.6 Å². The number of aromatic nitrogens is 1. The van der Waals surface area contributed by atoms with Crippen molar-refractivity contribution >= 4 is 29.0 Å². The van der Waals surface area contributed by atoms with E-state index in [-0.39, 0.29) is 0 Å². The first-order chi connectivity index (χ1) is 15.3. The lowest BCUT2D eigenvalue weighted by Crippen LogP contribution is -2.76. The average Bonchev–Trinajstić information content (AvgIpc) is 3.24. The minimum Gasteiger partial charge on any atom is -0.321 e. The van der Waals surface area contributed by atoms with Crippen molar-refractivity contribution in [2.75, 3.05) is 0 Å². The zero-order chi connectivity index (χ0) is 21.1. The van der Waals surface area contributed by atoms with Gasteiger partial charge in [-0.3, -0.25) is 0 Å². The fourth-order valence-electron chi connectivity index (χ4n) is 4.76. The Kier molecular flexibility index (Phi) is 5.15. The van der Waals surface area contributed by atoms with Crippen molar-refractivity contribution < 1.29 is 0 Å². The van der Waals surface area contributed by atoms with Gasteiger partial charge in [-0.1, -0.05) is 109 Å². The Hall–Kier alpha value is -3.62. The van der Waals surface area contributed by atoms with Crippen molar-refractivity contribution in [1.29, 1.82) is 0 Å². The van der Waals surface area contributed by atoms with E-state index in [4.69, 9.17) is 0 Å². The molecular weight excluding hydrogens is 390 g/mol. The van der Waals surface area contributed by atoms with Crippen LogP contribution in [0.25, 0.3) is 5.69 Å². The van der Waals surface area contributed by atoms with Crippen LogP contribution in [-0.2, 0) is 0 Å². The normalized spacial score (nSPS) is 11.4. The second kappa shape index (κ2) is 8.25. The van der Waals surface area contributed by atoms with Gasteiger partial charge in [0.05, 0.1) is 0 Å². The van der Waals surface area contributed by atoms with Gasteiger partial charge < -0.3 is 4.57 Å². The lowest BCUT2D eigenvalue weighted by molar-refractivity contribution is 1.04. The molecule has 0 spiro atoms. The van der Waals surface area contributed by atoms with E-state index >= 15 is 0 Å². The summed E-state index contributed by atoms with van der Waals surface area (Å²) < 4.78 is 2.46. The standard InChI is InChI=1S/C29H25NSi/c1-24-22-23-29(30(24)25-14-6-2-7-15-25)31(26-16-8-3-9-17-26,27-18-10-4-11-19-27)28-20-12-5-13-21-28/h2-23H,1H3. The van der Waals surface area contributed by atoms with E-state index in [1.807, 2.05) is 0 Å². The number of rotatable bonds is 5. The summed E-state index contributed by atoms with van der Waals surface area (Å²) in [6.07, 6.45) is 0. The number of para-hydroxylation sites is 1. The minimum atomic E-state index is -2.54. The molecule has 2 heteroatoms. The molecule has 5 rings (SSSR count). The maximum Gasteiger partial charge on any atom is 0.199 e. The molecule has 0 fully saturated rings. The van der Waals surface area contributed by atoms with Gasteiger partial charge in [-0.2, -0.15) is 0 Å². The molecule has 1 heterocycles.